The number of nitrogens with zero attached hydrogens (tertiary/aromatic N) is 3. The summed E-state index contributed by atoms with van der Waals surface area (Å²) >= 11 is 1.22. The zero-order valence-corrected chi connectivity index (χ0v) is 11.0. The van der Waals surface area contributed by atoms with Crippen molar-refractivity contribution in [1.82, 2.24) is 9.78 Å². The molecular formula is C13H11N3O2S. The highest BCUT2D eigenvalue weighted by atomic mass is 32.2. The minimum absolute atomic E-state index is 0.0125. The fourth-order valence-electron chi connectivity index (χ4n) is 1.58. The number of hydrogen-bond donors (Lipinski definition) is 1. The minimum Gasteiger partial charge on any atom is -0.481 e. The number of carboxylic acids is 1. The van der Waals surface area contributed by atoms with Gasteiger partial charge in [-0.05, 0) is 37.3 Å². The number of hydrogen-bond acceptors (Lipinski definition) is 4. The summed E-state index contributed by atoms with van der Waals surface area (Å²) in [6.07, 6.45) is 0. The second kappa shape index (κ2) is 5.59. The van der Waals surface area contributed by atoms with Gasteiger partial charge in [0.25, 0.3) is 0 Å². The van der Waals surface area contributed by atoms with Crippen LogP contribution in [0.5, 0.6) is 0 Å². The van der Waals surface area contributed by atoms with Crippen molar-refractivity contribution >= 4 is 17.7 Å². The highest BCUT2D eigenvalue weighted by molar-refractivity contribution is 7.99. The summed E-state index contributed by atoms with van der Waals surface area (Å²) in [6, 6.07) is 10.9. The number of nitriles is 1. The predicted octanol–water partition coefficient (Wildman–Crippen LogP) is 2.23. The van der Waals surface area contributed by atoms with E-state index in [1.54, 1.807) is 28.9 Å². The first-order valence-corrected chi connectivity index (χ1v) is 6.50. The van der Waals surface area contributed by atoms with Crippen LogP contribution in [0.2, 0.25) is 0 Å². The van der Waals surface area contributed by atoms with Crippen LogP contribution in [0.1, 0.15) is 11.3 Å². The van der Waals surface area contributed by atoms with Crippen LogP contribution in [0.15, 0.2) is 35.4 Å². The Balaban J connectivity index is 2.32. The van der Waals surface area contributed by atoms with Gasteiger partial charge >= 0.3 is 5.97 Å². The molecule has 0 radical (unpaired) electrons. The van der Waals surface area contributed by atoms with Crippen molar-refractivity contribution < 1.29 is 9.90 Å². The Morgan fingerprint density at radius 3 is 2.74 bits per heavy atom. The summed E-state index contributed by atoms with van der Waals surface area (Å²) in [7, 11) is 0. The first-order chi connectivity index (χ1) is 9.10. The molecule has 0 aliphatic heterocycles. The standard InChI is InChI=1S/C13H11N3O2S/c1-9-6-12(19-8-13(17)18)16(15-9)11-4-2-10(7-14)3-5-11/h2-6H,8H2,1H3,(H,17,18). The van der Waals surface area contributed by atoms with E-state index in [2.05, 4.69) is 11.2 Å². The number of benzene rings is 1. The van der Waals surface area contributed by atoms with Crippen molar-refractivity contribution in [2.45, 2.75) is 11.9 Å². The van der Waals surface area contributed by atoms with Crippen LogP contribution in [0, 0.1) is 18.3 Å². The first-order valence-electron chi connectivity index (χ1n) is 5.52. The molecule has 0 amide bonds. The number of rotatable bonds is 4. The minimum atomic E-state index is -0.866. The van der Waals surface area contributed by atoms with Gasteiger partial charge in [-0.3, -0.25) is 4.79 Å². The molecule has 0 spiro atoms. The number of thioether (sulfide) groups is 1. The van der Waals surface area contributed by atoms with E-state index in [1.807, 2.05) is 13.0 Å². The van der Waals surface area contributed by atoms with Crippen molar-refractivity contribution in [3.8, 4) is 11.8 Å². The number of carboxylic acid groups (broad SMARTS) is 1. The summed E-state index contributed by atoms with van der Waals surface area (Å²) in [5.41, 5.74) is 2.20. The van der Waals surface area contributed by atoms with Crippen LogP contribution >= 0.6 is 11.8 Å². The Bertz CT molecular complexity index is 641. The molecule has 19 heavy (non-hydrogen) atoms. The van der Waals surface area contributed by atoms with Crippen LogP contribution in [-0.4, -0.2) is 26.6 Å². The second-order valence-electron chi connectivity index (χ2n) is 3.88. The molecule has 0 atom stereocenters. The maximum Gasteiger partial charge on any atom is 0.313 e. The van der Waals surface area contributed by atoms with Gasteiger partial charge in [0, 0.05) is 0 Å². The van der Waals surface area contributed by atoms with Gasteiger partial charge in [0.2, 0.25) is 0 Å². The fourth-order valence-corrected chi connectivity index (χ4v) is 2.37. The zero-order chi connectivity index (χ0) is 13.8. The van der Waals surface area contributed by atoms with E-state index in [0.29, 0.717) is 5.56 Å². The normalized spacial score (nSPS) is 10.1. The molecule has 1 aromatic carbocycles. The largest absolute Gasteiger partial charge is 0.481 e. The lowest BCUT2D eigenvalue weighted by molar-refractivity contribution is -0.133. The van der Waals surface area contributed by atoms with Crippen molar-refractivity contribution in [3.05, 3.63) is 41.6 Å². The average Bonchev–Trinajstić information content (AvgIpc) is 2.78. The van der Waals surface area contributed by atoms with Crippen LogP contribution in [-0.2, 0) is 4.79 Å². The van der Waals surface area contributed by atoms with Crippen LogP contribution in [0.25, 0.3) is 5.69 Å². The van der Waals surface area contributed by atoms with Crippen molar-refractivity contribution in [3.63, 3.8) is 0 Å². The van der Waals surface area contributed by atoms with E-state index >= 15 is 0 Å². The summed E-state index contributed by atoms with van der Waals surface area (Å²) in [6.45, 7) is 1.85. The molecule has 5 nitrogen and oxygen atoms in total. The molecule has 6 heteroatoms. The molecule has 0 unspecified atom stereocenters. The number of aliphatic carboxylic acids is 1. The Morgan fingerprint density at radius 2 is 2.16 bits per heavy atom. The van der Waals surface area contributed by atoms with Gasteiger partial charge in [0.1, 0.15) is 5.03 Å². The lowest BCUT2D eigenvalue weighted by Crippen LogP contribution is -2.02. The Labute approximate surface area is 114 Å². The molecule has 0 bridgehead atoms. The molecule has 0 aliphatic carbocycles. The summed E-state index contributed by atoms with van der Waals surface area (Å²) < 4.78 is 1.68. The maximum atomic E-state index is 10.6. The van der Waals surface area contributed by atoms with Gasteiger partial charge in [-0.1, -0.05) is 11.8 Å². The second-order valence-corrected chi connectivity index (χ2v) is 4.87. The quantitative estimate of drug-likeness (QED) is 0.864. The predicted molar refractivity (Wildman–Crippen MR) is 71.4 cm³/mol. The average molecular weight is 273 g/mol. The van der Waals surface area contributed by atoms with Gasteiger partial charge < -0.3 is 5.11 Å². The van der Waals surface area contributed by atoms with Gasteiger partial charge in [0.05, 0.1) is 28.8 Å². The van der Waals surface area contributed by atoms with E-state index in [-0.39, 0.29) is 5.75 Å². The van der Waals surface area contributed by atoms with Crippen molar-refractivity contribution in [2.24, 2.45) is 0 Å². The van der Waals surface area contributed by atoms with Crippen molar-refractivity contribution in [2.75, 3.05) is 5.75 Å². The first kappa shape index (κ1) is 13.2. The number of aryl methyl sites for hydroxylation is 1. The molecule has 1 N–H and O–H groups in total. The SMILES string of the molecule is Cc1cc(SCC(=O)O)n(-c2ccc(C#N)cc2)n1. The van der Waals surface area contributed by atoms with Gasteiger partial charge in [-0.15, -0.1) is 0 Å². The van der Waals surface area contributed by atoms with Crippen LogP contribution in [0.3, 0.4) is 0 Å². The summed E-state index contributed by atoms with van der Waals surface area (Å²) in [5, 5.41) is 22.6. The highest BCUT2D eigenvalue weighted by Gasteiger charge is 2.10. The molecule has 1 heterocycles. The van der Waals surface area contributed by atoms with Crippen LogP contribution in [0.4, 0.5) is 0 Å². The molecule has 0 aliphatic rings. The fraction of sp³-hybridized carbons (Fsp3) is 0.154. The lowest BCUT2D eigenvalue weighted by Gasteiger charge is -2.05. The van der Waals surface area contributed by atoms with E-state index in [9.17, 15) is 4.79 Å². The zero-order valence-electron chi connectivity index (χ0n) is 10.2. The van der Waals surface area contributed by atoms with E-state index in [1.165, 1.54) is 11.8 Å². The Morgan fingerprint density at radius 1 is 1.47 bits per heavy atom. The molecular weight excluding hydrogens is 262 g/mol. The molecule has 2 rings (SSSR count). The van der Waals surface area contributed by atoms with Crippen molar-refractivity contribution in [1.29, 1.82) is 5.26 Å². The smallest absolute Gasteiger partial charge is 0.313 e. The summed E-state index contributed by atoms with van der Waals surface area (Å²) in [5.74, 6) is -0.878. The number of aromatic nitrogens is 2. The van der Waals surface area contributed by atoms with Gasteiger partial charge in [-0.2, -0.15) is 10.4 Å². The Hall–Kier alpha value is -2.26. The van der Waals surface area contributed by atoms with Gasteiger partial charge in [0.15, 0.2) is 0 Å². The topological polar surface area (TPSA) is 78.9 Å². The van der Waals surface area contributed by atoms with Crippen LogP contribution < -0.4 is 0 Å². The maximum absolute atomic E-state index is 10.6. The molecule has 0 saturated heterocycles. The molecule has 2 aromatic rings. The molecule has 96 valence electrons. The monoisotopic (exact) mass is 273 g/mol. The molecule has 1 aromatic heterocycles. The van der Waals surface area contributed by atoms with E-state index in [4.69, 9.17) is 10.4 Å². The number of carbonyl (C=O) groups is 1. The molecule has 0 fully saturated rings. The lowest BCUT2D eigenvalue weighted by atomic mass is 10.2. The highest BCUT2D eigenvalue weighted by Crippen LogP contribution is 2.23. The Kier molecular flexibility index (Phi) is 3.88. The third-order valence-corrected chi connectivity index (χ3v) is 3.36. The third kappa shape index (κ3) is 3.14. The van der Waals surface area contributed by atoms with E-state index in [0.717, 1.165) is 16.4 Å². The summed E-state index contributed by atoms with van der Waals surface area (Å²) in [4.78, 5) is 10.6. The third-order valence-electron chi connectivity index (χ3n) is 2.38. The van der Waals surface area contributed by atoms with E-state index < -0.39 is 5.97 Å². The molecule has 0 saturated carbocycles. The van der Waals surface area contributed by atoms with Gasteiger partial charge in [-0.25, -0.2) is 4.68 Å².